The van der Waals surface area contributed by atoms with Crippen molar-refractivity contribution in [1.82, 2.24) is 0 Å². The standard InChI is InChI=1S/C17H22O/c1-5-6-13-7-8-15-12-16(17(2,3)18-4)10-9-14(15)11-13/h7-12H,5-6H2,1-4H3. The number of hydrogen-bond acceptors (Lipinski definition) is 1. The molecule has 0 amide bonds. The fourth-order valence-corrected chi connectivity index (χ4v) is 2.23. The largest absolute Gasteiger partial charge is 0.374 e. The van der Waals surface area contributed by atoms with Gasteiger partial charge in [-0.3, -0.25) is 0 Å². The van der Waals surface area contributed by atoms with Crippen molar-refractivity contribution in [3.63, 3.8) is 0 Å². The van der Waals surface area contributed by atoms with Gasteiger partial charge in [0, 0.05) is 7.11 Å². The Morgan fingerprint density at radius 2 is 1.67 bits per heavy atom. The molecule has 0 N–H and O–H groups in total. The maximum absolute atomic E-state index is 5.53. The van der Waals surface area contributed by atoms with Gasteiger partial charge in [-0.25, -0.2) is 0 Å². The zero-order valence-corrected chi connectivity index (χ0v) is 11.8. The first-order valence-electron chi connectivity index (χ1n) is 6.65. The number of rotatable bonds is 4. The van der Waals surface area contributed by atoms with Crippen LogP contribution in [0.3, 0.4) is 0 Å². The van der Waals surface area contributed by atoms with Gasteiger partial charge in [0.25, 0.3) is 0 Å². The van der Waals surface area contributed by atoms with Crippen LogP contribution < -0.4 is 0 Å². The lowest BCUT2D eigenvalue weighted by atomic mass is 9.94. The molecule has 0 aliphatic rings. The summed E-state index contributed by atoms with van der Waals surface area (Å²) in [5.41, 5.74) is 2.42. The van der Waals surface area contributed by atoms with Crippen molar-refractivity contribution in [3.05, 3.63) is 47.5 Å². The molecule has 2 rings (SSSR count). The molecule has 0 spiro atoms. The first-order valence-corrected chi connectivity index (χ1v) is 6.65. The van der Waals surface area contributed by atoms with Crippen molar-refractivity contribution in [2.24, 2.45) is 0 Å². The minimum atomic E-state index is -0.226. The monoisotopic (exact) mass is 242 g/mol. The van der Waals surface area contributed by atoms with Crippen molar-refractivity contribution >= 4 is 10.8 Å². The Balaban J connectivity index is 2.44. The van der Waals surface area contributed by atoms with Gasteiger partial charge in [0.2, 0.25) is 0 Å². The summed E-state index contributed by atoms with van der Waals surface area (Å²) in [6, 6.07) is 13.3. The van der Waals surface area contributed by atoms with Gasteiger partial charge >= 0.3 is 0 Å². The van der Waals surface area contributed by atoms with Crippen LogP contribution >= 0.6 is 0 Å². The smallest absolute Gasteiger partial charge is 0.0871 e. The van der Waals surface area contributed by atoms with E-state index in [1.807, 2.05) is 0 Å². The second-order valence-corrected chi connectivity index (χ2v) is 5.36. The Morgan fingerprint density at radius 3 is 2.33 bits per heavy atom. The van der Waals surface area contributed by atoms with Gasteiger partial charge < -0.3 is 4.74 Å². The van der Waals surface area contributed by atoms with E-state index in [-0.39, 0.29) is 5.60 Å². The van der Waals surface area contributed by atoms with Crippen molar-refractivity contribution in [1.29, 1.82) is 0 Å². The molecule has 0 aromatic heterocycles. The predicted molar refractivity (Wildman–Crippen MR) is 78.0 cm³/mol. The van der Waals surface area contributed by atoms with Crippen LogP contribution in [0, 0.1) is 0 Å². The molecule has 2 aromatic carbocycles. The minimum absolute atomic E-state index is 0.226. The van der Waals surface area contributed by atoms with E-state index in [0.29, 0.717) is 0 Å². The lowest BCUT2D eigenvalue weighted by molar-refractivity contribution is 0.0193. The normalized spacial score (nSPS) is 12.0. The van der Waals surface area contributed by atoms with Gasteiger partial charge in [-0.2, -0.15) is 0 Å². The highest BCUT2D eigenvalue weighted by atomic mass is 16.5. The van der Waals surface area contributed by atoms with E-state index in [2.05, 4.69) is 57.2 Å². The van der Waals surface area contributed by atoms with Crippen LogP contribution in [0.4, 0.5) is 0 Å². The minimum Gasteiger partial charge on any atom is -0.374 e. The summed E-state index contributed by atoms with van der Waals surface area (Å²) in [5.74, 6) is 0. The lowest BCUT2D eigenvalue weighted by Gasteiger charge is -2.23. The molecule has 0 fully saturated rings. The van der Waals surface area contributed by atoms with E-state index in [4.69, 9.17) is 4.74 Å². The fourth-order valence-electron chi connectivity index (χ4n) is 2.23. The third kappa shape index (κ3) is 2.56. The molecule has 0 saturated heterocycles. The van der Waals surface area contributed by atoms with Crippen molar-refractivity contribution in [2.75, 3.05) is 7.11 Å². The van der Waals surface area contributed by atoms with Crippen LogP contribution in [0.25, 0.3) is 10.8 Å². The maximum Gasteiger partial charge on any atom is 0.0871 e. The number of hydrogen-bond donors (Lipinski definition) is 0. The molecule has 0 aliphatic heterocycles. The van der Waals surface area contributed by atoms with Gasteiger partial charge in [-0.15, -0.1) is 0 Å². The first-order chi connectivity index (χ1) is 8.56. The molecular weight excluding hydrogens is 220 g/mol. The zero-order valence-electron chi connectivity index (χ0n) is 11.8. The summed E-state index contributed by atoms with van der Waals surface area (Å²) < 4.78 is 5.53. The van der Waals surface area contributed by atoms with Crippen molar-refractivity contribution in [2.45, 2.75) is 39.2 Å². The molecule has 1 nitrogen and oxygen atoms in total. The average Bonchev–Trinajstić information content (AvgIpc) is 2.38. The highest BCUT2D eigenvalue weighted by Crippen LogP contribution is 2.27. The molecule has 0 atom stereocenters. The van der Waals surface area contributed by atoms with Crippen LogP contribution in [-0.4, -0.2) is 7.11 Å². The van der Waals surface area contributed by atoms with E-state index in [1.54, 1.807) is 7.11 Å². The summed E-state index contributed by atoms with van der Waals surface area (Å²) >= 11 is 0. The highest BCUT2D eigenvalue weighted by molar-refractivity contribution is 5.84. The Hall–Kier alpha value is -1.34. The molecule has 0 saturated carbocycles. The Bertz CT molecular complexity index is 540. The van der Waals surface area contributed by atoms with E-state index in [0.717, 1.165) is 6.42 Å². The lowest BCUT2D eigenvalue weighted by Crippen LogP contribution is -2.19. The maximum atomic E-state index is 5.53. The Morgan fingerprint density at radius 1 is 1.00 bits per heavy atom. The van der Waals surface area contributed by atoms with E-state index < -0.39 is 0 Å². The predicted octanol–water partition coefficient (Wildman–Crippen LogP) is 4.67. The second-order valence-electron chi connectivity index (χ2n) is 5.36. The molecule has 2 aromatic rings. The van der Waals surface area contributed by atoms with Gasteiger partial charge in [0.1, 0.15) is 0 Å². The van der Waals surface area contributed by atoms with Crippen LogP contribution in [0.5, 0.6) is 0 Å². The SMILES string of the molecule is CCCc1ccc2cc(C(C)(C)OC)ccc2c1. The first kappa shape index (κ1) is 13.1. The van der Waals surface area contributed by atoms with Gasteiger partial charge in [-0.1, -0.05) is 43.7 Å². The Kier molecular flexibility index (Phi) is 3.72. The summed E-state index contributed by atoms with van der Waals surface area (Å²) in [7, 11) is 1.76. The highest BCUT2D eigenvalue weighted by Gasteiger charge is 2.19. The van der Waals surface area contributed by atoms with Crippen LogP contribution in [0.2, 0.25) is 0 Å². The molecule has 0 unspecified atom stereocenters. The van der Waals surface area contributed by atoms with Gasteiger partial charge in [0.15, 0.2) is 0 Å². The summed E-state index contributed by atoms with van der Waals surface area (Å²) in [6.07, 6.45) is 2.35. The third-order valence-electron chi connectivity index (χ3n) is 3.65. The Labute approximate surface area is 110 Å². The summed E-state index contributed by atoms with van der Waals surface area (Å²) in [5, 5.41) is 2.61. The van der Waals surface area contributed by atoms with Crippen molar-refractivity contribution < 1.29 is 4.74 Å². The van der Waals surface area contributed by atoms with Gasteiger partial charge in [-0.05, 0) is 48.2 Å². The molecule has 1 heteroatoms. The fraction of sp³-hybridized carbons (Fsp3) is 0.412. The summed E-state index contributed by atoms with van der Waals surface area (Å²) in [4.78, 5) is 0. The molecule has 96 valence electrons. The molecule has 0 radical (unpaired) electrons. The molecule has 0 heterocycles. The number of methoxy groups -OCH3 is 1. The molecule has 18 heavy (non-hydrogen) atoms. The number of ether oxygens (including phenoxy) is 1. The van der Waals surface area contributed by atoms with Gasteiger partial charge in [0.05, 0.1) is 5.60 Å². The van der Waals surface area contributed by atoms with Crippen LogP contribution in [-0.2, 0) is 16.8 Å². The van der Waals surface area contributed by atoms with E-state index in [1.165, 1.54) is 28.3 Å². The van der Waals surface area contributed by atoms with Crippen molar-refractivity contribution in [3.8, 4) is 0 Å². The average molecular weight is 242 g/mol. The molecular formula is C17H22O. The van der Waals surface area contributed by atoms with Crippen LogP contribution in [0.1, 0.15) is 38.3 Å². The second kappa shape index (κ2) is 5.11. The zero-order chi connectivity index (χ0) is 13.2. The molecule has 0 aliphatic carbocycles. The van der Waals surface area contributed by atoms with E-state index in [9.17, 15) is 0 Å². The summed E-state index contributed by atoms with van der Waals surface area (Å²) in [6.45, 7) is 6.41. The number of fused-ring (bicyclic) bond motifs is 1. The number of benzene rings is 2. The third-order valence-corrected chi connectivity index (χ3v) is 3.65. The molecule has 0 bridgehead atoms. The van der Waals surface area contributed by atoms with E-state index >= 15 is 0 Å². The number of aryl methyl sites for hydroxylation is 1. The quantitative estimate of drug-likeness (QED) is 0.756. The van der Waals surface area contributed by atoms with Crippen LogP contribution in [0.15, 0.2) is 36.4 Å². The topological polar surface area (TPSA) is 9.23 Å².